The zero-order valence-electron chi connectivity index (χ0n) is 9.18. The van der Waals surface area contributed by atoms with Gasteiger partial charge in [-0.1, -0.05) is 0 Å². The summed E-state index contributed by atoms with van der Waals surface area (Å²) in [6, 6.07) is 8.19. The Labute approximate surface area is 109 Å². The number of benzene rings is 1. The Bertz CT molecular complexity index is 390. The van der Waals surface area contributed by atoms with Crippen molar-refractivity contribution in [3.05, 3.63) is 35.4 Å². The summed E-state index contributed by atoms with van der Waals surface area (Å²) in [7, 11) is 0. The summed E-state index contributed by atoms with van der Waals surface area (Å²) in [6.45, 7) is 4.18. The van der Waals surface area contributed by atoms with Gasteiger partial charge in [0.2, 0.25) is 0 Å². The first-order valence-electron chi connectivity index (χ1n) is 4.89. The second-order valence-corrected chi connectivity index (χ2v) is 8.05. The van der Waals surface area contributed by atoms with Crippen molar-refractivity contribution in [1.29, 1.82) is 10.5 Å². The number of rotatable bonds is 4. The molecule has 82 valence electrons. The molecule has 0 aliphatic heterocycles. The molecule has 2 nitrogen and oxygen atoms in total. The van der Waals surface area contributed by atoms with Crippen molar-refractivity contribution < 1.29 is 0 Å². The Hall–Kier alpha value is -0.761. The van der Waals surface area contributed by atoms with Gasteiger partial charge in [-0.05, 0) is 0 Å². The molecule has 0 saturated carbocycles. The van der Waals surface area contributed by atoms with Gasteiger partial charge < -0.3 is 0 Å². The van der Waals surface area contributed by atoms with Crippen molar-refractivity contribution in [1.82, 2.24) is 0 Å². The fraction of sp³-hybridized carbons (Fsp3) is 0.333. The Morgan fingerprint density at radius 2 is 1.31 bits per heavy atom. The topological polar surface area (TPSA) is 47.6 Å². The molecule has 0 unspecified atom stereocenters. The van der Waals surface area contributed by atoms with Gasteiger partial charge in [-0.3, -0.25) is 0 Å². The molecule has 1 aromatic carbocycles. The van der Waals surface area contributed by atoms with Gasteiger partial charge in [-0.25, -0.2) is 0 Å². The van der Waals surface area contributed by atoms with Gasteiger partial charge in [-0.2, -0.15) is 0 Å². The van der Waals surface area contributed by atoms with Gasteiger partial charge in [0.25, 0.3) is 0 Å². The first kappa shape index (κ1) is 13.3. The average Bonchev–Trinajstić information content (AvgIpc) is 2.30. The van der Waals surface area contributed by atoms with Crippen LogP contribution in [0.2, 0.25) is 0 Å². The van der Waals surface area contributed by atoms with Gasteiger partial charge >= 0.3 is 109 Å². The predicted molar refractivity (Wildman–Crippen MR) is 66.0 cm³/mol. The van der Waals surface area contributed by atoms with Crippen LogP contribution in [0.25, 0.3) is 0 Å². The fourth-order valence-corrected chi connectivity index (χ4v) is 3.63. The molecule has 0 spiro atoms. The van der Waals surface area contributed by atoms with Crippen LogP contribution in [0.3, 0.4) is 0 Å². The Morgan fingerprint density at radius 3 is 1.62 bits per heavy atom. The number of hydrogen-bond donors (Lipinski definition) is 0. The molecule has 16 heavy (non-hydrogen) atoms. The second kappa shape index (κ2) is 6.74. The zero-order chi connectivity index (χ0) is 12.0. The molecule has 0 heterocycles. The van der Waals surface area contributed by atoms with E-state index in [1.54, 1.807) is 0 Å². The van der Waals surface area contributed by atoms with E-state index in [1.807, 2.05) is 12.1 Å². The average molecular weight is 342 g/mol. The molecular weight excluding hydrogens is 330 g/mol. The summed E-state index contributed by atoms with van der Waals surface area (Å²) in [5, 5.41) is 17.5. The first-order valence-corrected chi connectivity index (χ1v) is 8.58. The van der Waals surface area contributed by atoms with Crippen LogP contribution in [0, 0.1) is 20.5 Å². The number of hydrogen-bond acceptors (Lipinski definition) is 2. The summed E-state index contributed by atoms with van der Waals surface area (Å²) in [5.41, 5.74) is 2.49. The number of nitriles is 2. The van der Waals surface area contributed by atoms with Gasteiger partial charge in [0.15, 0.2) is 0 Å². The molecule has 0 fully saturated rings. The van der Waals surface area contributed by atoms with Gasteiger partial charge in [-0.15, -0.1) is 0 Å². The first-order chi connectivity index (χ1) is 7.70. The van der Waals surface area contributed by atoms with Crippen LogP contribution in [-0.2, 0) is 0 Å². The molecule has 4 heteroatoms. The normalized spacial score (nSPS) is 13.5. The number of nitrogens with zero attached hydrogens (tertiary/aromatic N) is 2. The molecule has 0 radical (unpaired) electrons. The molecule has 0 saturated heterocycles. The molecule has 0 aromatic heterocycles. The van der Waals surface area contributed by atoms with Crippen molar-refractivity contribution in [2.24, 2.45) is 0 Å². The predicted octanol–water partition coefficient (Wildman–Crippen LogP) is 2.18. The SMILES string of the molecule is C[C@@H]([Se]C#N)c1ccccc1[C@@H](C)[Se]C#N. The van der Waals surface area contributed by atoms with E-state index in [-0.39, 0.29) is 29.9 Å². The van der Waals surface area contributed by atoms with Crippen LogP contribution in [0.4, 0.5) is 0 Å². The van der Waals surface area contributed by atoms with E-state index in [2.05, 4.69) is 35.9 Å². The quantitative estimate of drug-likeness (QED) is 0.788. The van der Waals surface area contributed by atoms with Crippen LogP contribution < -0.4 is 0 Å². The maximum absolute atomic E-state index is 8.76. The molecule has 1 rings (SSSR count). The summed E-state index contributed by atoms with van der Waals surface area (Å²) < 4.78 is 0. The second-order valence-electron chi connectivity index (χ2n) is 3.33. The van der Waals surface area contributed by atoms with Crippen molar-refractivity contribution in [3.8, 4) is 9.94 Å². The van der Waals surface area contributed by atoms with E-state index in [0.29, 0.717) is 9.63 Å². The van der Waals surface area contributed by atoms with Crippen LogP contribution in [0.5, 0.6) is 0 Å². The van der Waals surface area contributed by atoms with Crippen molar-refractivity contribution in [2.45, 2.75) is 23.5 Å². The van der Waals surface area contributed by atoms with Crippen molar-refractivity contribution in [3.63, 3.8) is 0 Å². The van der Waals surface area contributed by atoms with Gasteiger partial charge in [0, 0.05) is 0 Å². The standard InChI is InChI=1S/C12H12N2Se2/c1-9(15-7-13)11-5-3-4-6-12(11)10(2)16-8-14/h3-6,9-10H,1-2H3/t9-,10-/m1/s1. The molecule has 0 bridgehead atoms. The zero-order valence-corrected chi connectivity index (χ0v) is 12.6. The summed E-state index contributed by atoms with van der Waals surface area (Å²) >= 11 is -0.0368. The van der Waals surface area contributed by atoms with E-state index < -0.39 is 0 Å². The Morgan fingerprint density at radius 1 is 0.938 bits per heavy atom. The van der Waals surface area contributed by atoms with E-state index in [0.717, 1.165) is 0 Å². The molecular formula is C12H12N2Se2. The summed E-state index contributed by atoms with van der Waals surface area (Å²) in [6.07, 6.45) is 0. The van der Waals surface area contributed by atoms with E-state index in [1.165, 1.54) is 11.1 Å². The summed E-state index contributed by atoms with van der Waals surface area (Å²) in [5.74, 6) is 0. The third-order valence-corrected chi connectivity index (χ3v) is 5.32. The third-order valence-electron chi connectivity index (χ3n) is 2.33. The van der Waals surface area contributed by atoms with E-state index >= 15 is 0 Å². The van der Waals surface area contributed by atoms with Gasteiger partial charge in [0.1, 0.15) is 0 Å². The molecule has 2 atom stereocenters. The van der Waals surface area contributed by atoms with Gasteiger partial charge in [0.05, 0.1) is 0 Å². The minimum atomic E-state index is -0.0184. The van der Waals surface area contributed by atoms with E-state index in [4.69, 9.17) is 10.5 Å². The molecule has 0 N–H and O–H groups in total. The Kier molecular flexibility index (Phi) is 5.61. The molecule has 0 aliphatic rings. The molecule has 0 amide bonds. The maximum atomic E-state index is 8.76. The summed E-state index contributed by atoms with van der Waals surface area (Å²) in [4.78, 5) is 5.15. The Balaban J connectivity index is 3.01. The monoisotopic (exact) mass is 344 g/mol. The molecule has 0 aliphatic carbocycles. The van der Waals surface area contributed by atoms with Crippen molar-refractivity contribution >= 4 is 29.9 Å². The van der Waals surface area contributed by atoms with Crippen LogP contribution in [0.15, 0.2) is 24.3 Å². The van der Waals surface area contributed by atoms with Crippen LogP contribution >= 0.6 is 0 Å². The van der Waals surface area contributed by atoms with Crippen molar-refractivity contribution in [2.75, 3.05) is 0 Å². The van der Waals surface area contributed by atoms with Crippen LogP contribution in [-0.4, -0.2) is 29.9 Å². The fourth-order valence-electron chi connectivity index (χ4n) is 1.54. The van der Waals surface area contributed by atoms with E-state index in [9.17, 15) is 0 Å². The minimum absolute atomic E-state index is 0.0184. The third kappa shape index (κ3) is 3.38. The van der Waals surface area contributed by atoms with Crippen LogP contribution in [0.1, 0.15) is 34.6 Å². The molecule has 1 aromatic rings.